The van der Waals surface area contributed by atoms with Gasteiger partial charge < -0.3 is 20.1 Å². The number of carbonyl (C=O) groups excluding carboxylic acids is 1. The first-order chi connectivity index (χ1) is 10.7. The minimum absolute atomic E-state index is 0.137. The third-order valence-corrected chi connectivity index (χ3v) is 4.58. The average molecular weight is 325 g/mol. The van der Waals surface area contributed by atoms with Gasteiger partial charge in [0.1, 0.15) is 5.75 Å². The quantitative estimate of drug-likeness (QED) is 0.875. The van der Waals surface area contributed by atoms with Crippen molar-refractivity contribution >= 4 is 17.6 Å². The number of amides is 2. The smallest absolute Gasteiger partial charge is 0.315 e. The fourth-order valence-corrected chi connectivity index (χ4v) is 3.46. The highest BCUT2D eigenvalue weighted by Gasteiger charge is 2.41. The van der Waals surface area contributed by atoms with Crippen molar-refractivity contribution in [3.63, 3.8) is 0 Å². The van der Waals surface area contributed by atoms with Gasteiger partial charge in [0.15, 0.2) is 0 Å². The van der Waals surface area contributed by atoms with Gasteiger partial charge in [-0.15, -0.1) is 0 Å². The SMILES string of the molecule is COc1ccc(Cl)cc1CCNC(=O)N[C@@H]1C[C@H]2CC[C@H]1O2. The predicted octanol–water partition coefficient (Wildman–Crippen LogP) is 2.51. The van der Waals surface area contributed by atoms with Crippen molar-refractivity contribution in [1.29, 1.82) is 0 Å². The topological polar surface area (TPSA) is 59.6 Å². The summed E-state index contributed by atoms with van der Waals surface area (Å²) in [6.07, 6.45) is 4.31. The van der Waals surface area contributed by atoms with Gasteiger partial charge >= 0.3 is 6.03 Å². The number of halogens is 1. The highest BCUT2D eigenvalue weighted by Crippen LogP contribution is 2.34. The molecule has 0 aliphatic carbocycles. The first-order valence-electron chi connectivity index (χ1n) is 7.68. The molecule has 2 bridgehead atoms. The van der Waals surface area contributed by atoms with Gasteiger partial charge in [0, 0.05) is 11.6 Å². The van der Waals surface area contributed by atoms with Gasteiger partial charge in [-0.3, -0.25) is 0 Å². The Morgan fingerprint density at radius 3 is 3.00 bits per heavy atom. The molecule has 1 aromatic carbocycles. The third kappa shape index (κ3) is 3.47. The largest absolute Gasteiger partial charge is 0.496 e. The maximum absolute atomic E-state index is 12.0. The van der Waals surface area contributed by atoms with Crippen molar-refractivity contribution in [3.05, 3.63) is 28.8 Å². The van der Waals surface area contributed by atoms with E-state index in [1.54, 1.807) is 13.2 Å². The molecule has 0 unspecified atom stereocenters. The molecule has 0 saturated carbocycles. The van der Waals surface area contributed by atoms with Crippen molar-refractivity contribution in [2.75, 3.05) is 13.7 Å². The van der Waals surface area contributed by atoms with E-state index >= 15 is 0 Å². The molecule has 2 aliphatic rings. The summed E-state index contributed by atoms with van der Waals surface area (Å²) in [4.78, 5) is 12.0. The Morgan fingerprint density at radius 1 is 1.45 bits per heavy atom. The lowest BCUT2D eigenvalue weighted by Crippen LogP contribution is -2.46. The molecule has 3 atom stereocenters. The molecular weight excluding hydrogens is 304 g/mol. The second kappa shape index (κ2) is 6.75. The molecular formula is C16H21ClN2O3. The van der Waals surface area contributed by atoms with Gasteiger partial charge in [-0.25, -0.2) is 4.79 Å². The molecule has 22 heavy (non-hydrogen) atoms. The van der Waals surface area contributed by atoms with Crippen LogP contribution in [0.3, 0.4) is 0 Å². The summed E-state index contributed by atoms with van der Waals surface area (Å²) in [7, 11) is 1.63. The van der Waals surface area contributed by atoms with Crippen LogP contribution in [-0.4, -0.2) is 37.9 Å². The Labute approximate surface area is 135 Å². The fraction of sp³-hybridized carbons (Fsp3) is 0.562. The normalized spacial score (nSPS) is 26.0. The monoisotopic (exact) mass is 324 g/mol. The summed E-state index contributed by atoms with van der Waals surface area (Å²) in [6.45, 7) is 0.532. The standard InChI is InChI=1S/C16H21ClN2O3/c1-21-14-4-2-11(17)8-10(14)6-7-18-16(20)19-13-9-12-3-5-15(13)22-12/h2,4,8,12-13,15H,3,5-7,9H2,1H3,(H2,18,19,20)/t12-,13-,15-/m1/s1. The van der Waals surface area contributed by atoms with Crippen molar-refractivity contribution in [2.24, 2.45) is 0 Å². The summed E-state index contributed by atoms with van der Waals surface area (Å²) >= 11 is 6.00. The van der Waals surface area contributed by atoms with E-state index in [0.717, 1.165) is 30.6 Å². The molecule has 1 aromatic rings. The lowest BCUT2D eigenvalue weighted by Gasteiger charge is -2.20. The van der Waals surface area contributed by atoms with Crippen LogP contribution in [0.15, 0.2) is 18.2 Å². The Balaban J connectivity index is 1.45. The highest BCUT2D eigenvalue weighted by atomic mass is 35.5. The van der Waals surface area contributed by atoms with Gasteiger partial charge in [0.2, 0.25) is 0 Å². The number of nitrogens with one attached hydrogen (secondary N) is 2. The van der Waals surface area contributed by atoms with Crippen LogP contribution in [0.4, 0.5) is 4.79 Å². The van der Waals surface area contributed by atoms with Crippen LogP contribution in [0.25, 0.3) is 0 Å². The second-order valence-electron chi connectivity index (χ2n) is 5.82. The lowest BCUT2D eigenvalue weighted by molar-refractivity contribution is 0.0981. The molecule has 0 aromatic heterocycles. The zero-order chi connectivity index (χ0) is 15.5. The van der Waals surface area contributed by atoms with E-state index in [9.17, 15) is 4.79 Å². The molecule has 5 nitrogen and oxygen atoms in total. The van der Waals surface area contributed by atoms with Crippen LogP contribution in [0, 0.1) is 0 Å². The van der Waals surface area contributed by atoms with E-state index in [0.29, 0.717) is 24.1 Å². The van der Waals surface area contributed by atoms with Crippen molar-refractivity contribution in [2.45, 2.75) is 43.9 Å². The second-order valence-corrected chi connectivity index (χ2v) is 6.26. The number of rotatable bonds is 5. The summed E-state index contributed by atoms with van der Waals surface area (Å²) in [6, 6.07) is 5.51. The summed E-state index contributed by atoms with van der Waals surface area (Å²) in [5.41, 5.74) is 0.985. The first kappa shape index (κ1) is 15.4. The number of carbonyl (C=O) groups is 1. The summed E-state index contributed by atoms with van der Waals surface area (Å²) < 4.78 is 11.0. The lowest BCUT2D eigenvalue weighted by atomic mass is 9.96. The molecule has 3 rings (SSSR count). The Kier molecular flexibility index (Phi) is 4.74. The van der Waals surface area contributed by atoms with Gasteiger partial charge in [-0.1, -0.05) is 11.6 Å². The van der Waals surface area contributed by atoms with Gasteiger partial charge in [-0.05, 0) is 49.4 Å². The number of methoxy groups -OCH3 is 1. The maximum atomic E-state index is 12.0. The van der Waals surface area contributed by atoms with E-state index < -0.39 is 0 Å². The molecule has 2 amide bonds. The minimum Gasteiger partial charge on any atom is -0.496 e. The van der Waals surface area contributed by atoms with E-state index in [-0.39, 0.29) is 18.2 Å². The Hall–Kier alpha value is -1.46. The first-order valence-corrected chi connectivity index (χ1v) is 8.05. The predicted molar refractivity (Wildman–Crippen MR) is 84.5 cm³/mol. The third-order valence-electron chi connectivity index (χ3n) is 4.34. The van der Waals surface area contributed by atoms with E-state index in [1.165, 1.54) is 0 Å². The Morgan fingerprint density at radius 2 is 2.32 bits per heavy atom. The number of fused-ring (bicyclic) bond motifs is 2. The number of urea groups is 1. The average Bonchev–Trinajstić information content (AvgIpc) is 3.10. The fourth-order valence-electron chi connectivity index (χ4n) is 3.26. The number of hydrogen-bond donors (Lipinski definition) is 2. The van der Waals surface area contributed by atoms with Crippen molar-refractivity contribution < 1.29 is 14.3 Å². The van der Waals surface area contributed by atoms with Crippen LogP contribution in [0.1, 0.15) is 24.8 Å². The Bertz CT molecular complexity index is 552. The molecule has 2 N–H and O–H groups in total. The molecule has 2 aliphatic heterocycles. The molecule has 0 radical (unpaired) electrons. The molecule has 2 fully saturated rings. The zero-order valence-corrected chi connectivity index (χ0v) is 13.4. The maximum Gasteiger partial charge on any atom is 0.315 e. The van der Waals surface area contributed by atoms with Crippen LogP contribution < -0.4 is 15.4 Å². The van der Waals surface area contributed by atoms with Crippen LogP contribution >= 0.6 is 11.6 Å². The minimum atomic E-state index is -0.137. The molecule has 6 heteroatoms. The van der Waals surface area contributed by atoms with Gasteiger partial charge in [0.05, 0.1) is 25.4 Å². The van der Waals surface area contributed by atoms with E-state index in [4.69, 9.17) is 21.1 Å². The zero-order valence-electron chi connectivity index (χ0n) is 12.6. The van der Waals surface area contributed by atoms with E-state index in [1.807, 2.05) is 12.1 Å². The molecule has 120 valence electrons. The molecule has 2 saturated heterocycles. The van der Waals surface area contributed by atoms with Crippen molar-refractivity contribution in [3.8, 4) is 5.75 Å². The number of ether oxygens (including phenoxy) is 2. The molecule has 0 spiro atoms. The van der Waals surface area contributed by atoms with E-state index in [2.05, 4.69) is 10.6 Å². The van der Waals surface area contributed by atoms with Crippen LogP contribution in [0.5, 0.6) is 5.75 Å². The number of benzene rings is 1. The van der Waals surface area contributed by atoms with Gasteiger partial charge in [-0.2, -0.15) is 0 Å². The van der Waals surface area contributed by atoms with Crippen LogP contribution in [0.2, 0.25) is 5.02 Å². The number of hydrogen-bond acceptors (Lipinski definition) is 3. The van der Waals surface area contributed by atoms with Gasteiger partial charge in [0.25, 0.3) is 0 Å². The van der Waals surface area contributed by atoms with Crippen LogP contribution in [-0.2, 0) is 11.2 Å². The van der Waals surface area contributed by atoms with Crippen molar-refractivity contribution in [1.82, 2.24) is 10.6 Å². The highest BCUT2D eigenvalue weighted by molar-refractivity contribution is 6.30. The summed E-state index contributed by atoms with van der Waals surface area (Å²) in [5.74, 6) is 0.785. The molecule has 2 heterocycles. The summed E-state index contributed by atoms with van der Waals surface area (Å²) in [5, 5.41) is 6.55.